The van der Waals surface area contributed by atoms with Crippen LogP contribution in [0, 0.1) is 0 Å². The lowest BCUT2D eigenvalue weighted by atomic mass is 10.0. The second-order valence-corrected chi connectivity index (χ2v) is 9.51. The van der Waals surface area contributed by atoms with Crippen LogP contribution in [0.4, 0.5) is 18.9 Å². The van der Waals surface area contributed by atoms with E-state index in [1.807, 2.05) is 23.1 Å². The average Bonchev–Trinajstić information content (AvgIpc) is 3.53. The number of amides is 1. The number of benzene rings is 2. The molecule has 2 atom stereocenters. The van der Waals surface area contributed by atoms with Gasteiger partial charge in [-0.2, -0.15) is 13.2 Å². The van der Waals surface area contributed by atoms with Crippen LogP contribution in [0.5, 0.6) is 0 Å². The van der Waals surface area contributed by atoms with E-state index in [-0.39, 0.29) is 22.5 Å². The highest BCUT2D eigenvalue weighted by Crippen LogP contribution is 2.38. The van der Waals surface area contributed by atoms with E-state index >= 15 is 0 Å². The van der Waals surface area contributed by atoms with Crippen molar-refractivity contribution in [2.24, 2.45) is 0 Å². The third-order valence-electron chi connectivity index (χ3n) is 6.91. The fourth-order valence-corrected chi connectivity index (χ4v) is 5.15. The van der Waals surface area contributed by atoms with Crippen LogP contribution in [0.2, 0.25) is 5.02 Å². The quantitative estimate of drug-likeness (QED) is 0.577. The third-order valence-corrected chi connectivity index (χ3v) is 7.14. The molecule has 2 saturated heterocycles. The monoisotopic (exact) mass is 506 g/mol. The molecule has 0 saturated carbocycles. The van der Waals surface area contributed by atoms with Crippen molar-refractivity contribution in [1.29, 1.82) is 0 Å². The van der Waals surface area contributed by atoms with Gasteiger partial charge in [0, 0.05) is 36.9 Å². The summed E-state index contributed by atoms with van der Waals surface area (Å²) in [5.74, 6) is 0.164. The summed E-state index contributed by atoms with van der Waals surface area (Å²) in [7, 11) is 0. The molecule has 35 heavy (non-hydrogen) atoms. The minimum atomic E-state index is -4.54. The Kier molecular flexibility index (Phi) is 6.35. The number of carbonyl (C=O) groups excluding carboxylic acids is 1. The number of anilines is 1. The maximum atomic E-state index is 13.7. The van der Waals surface area contributed by atoms with E-state index in [2.05, 4.69) is 20.5 Å². The van der Waals surface area contributed by atoms with Gasteiger partial charge < -0.3 is 15.1 Å². The predicted molar refractivity (Wildman–Crippen MR) is 128 cm³/mol. The maximum Gasteiger partial charge on any atom is 0.416 e. The molecule has 5 rings (SSSR count). The average molecular weight is 507 g/mol. The van der Waals surface area contributed by atoms with Gasteiger partial charge in [0.25, 0.3) is 0 Å². The Morgan fingerprint density at radius 2 is 1.91 bits per heavy atom. The van der Waals surface area contributed by atoms with Gasteiger partial charge >= 0.3 is 6.18 Å². The van der Waals surface area contributed by atoms with Crippen LogP contribution in [0.25, 0.3) is 11.0 Å². The number of carbonyl (C=O) groups is 1. The minimum absolute atomic E-state index is 0.0281. The van der Waals surface area contributed by atoms with Crippen LogP contribution < -0.4 is 10.2 Å². The Labute approximate surface area is 205 Å². The molecule has 0 spiro atoms. The molecule has 2 aromatic carbocycles. The summed E-state index contributed by atoms with van der Waals surface area (Å²) in [6.07, 6.45) is -2.63. The number of halogens is 4. The molecule has 1 aromatic heterocycles. The Morgan fingerprint density at radius 1 is 1.14 bits per heavy atom. The number of nitrogens with one attached hydrogen (secondary N) is 1. The van der Waals surface area contributed by atoms with Crippen molar-refractivity contribution in [3.63, 3.8) is 0 Å². The molecule has 2 aliphatic rings. The standard InChI is InChI=1S/C24H26ClF3N6O/c1-15(18-6-4-16(25)13-19(18)24(26,27)28)34-22-14-17(5-7-20(22)30-31-34)32-9-11-33(12-10-32)23(35)21-3-2-8-29-21/h4-7,13-15,21,29H,2-3,8-12H2,1H3. The molecule has 1 N–H and O–H groups in total. The molecule has 0 radical (unpaired) electrons. The van der Waals surface area contributed by atoms with Crippen molar-refractivity contribution in [3.8, 4) is 0 Å². The number of alkyl halides is 3. The molecule has 3 aromatic rings. The van der Waals surface area contributed by atoms with Gasteiger partial charge in [0.05, 0.1) is 23.2 Å². The Balaban J connectivity index is 1.38. The molecular weight excluding hydrogens is 481 g/mol. The lowest BCUT2D eigenvalue weighted by molar-refractivity contribution is -0.138. The van der Waals surface area contributed by atoms with Crippen molar-refractivity contribution >= 4 is 34.2 Å². The van der Waals surface area contributed by atoms with Gasteiger partial charge in [0.2, 0.25) is 5.91 Å². The van der Waals surface area contributed by atoms with Gasteiger partial charge in [-0.3, -0.25) is 4.79 Å². The summed E-state index contributed by atoms with van der Waals surface area (Å²) in [4.78, 5) is 16.8. The smallest absolute Gasteiger partial charge is 0.368 e. The first-order chi connectivity index (χ1) is 16.7. The Hall–Kier alpha value is -2.85. The SMILES string of the molecule is CC(c1ccc(Cl)cc1C(F)(F)F)n1nnc2ccc(N3CCN(C(=O)C4CCCN4)CC3)cc21. The first-order valence-electron chi connectivity index (χ1n) is 11.7. The molecule has 1 amide bonds. The van der Waals surface area contributed by atoms with E-state index < -0.39 is 17.8 Å². The van der Waals surface area contributed by atoms with Gasteiger partial charge in [-0.15, -0.1) is 5.10 Å². The highest BCUT2D eigenvalue weighted by molar-refractivity contribution is 6.30. The topological polar surface area (TPSA) is 66.3 Å². The van der Waals surface area contributed by atoms with Crippen molar-refractivity contribution in [2.45, 2.75) is 38.0 Å². The van der Waals surface area contributed by atoms with E-state index in [9.17, 15) is 18.0 Å². The fraction of sp³-hybridized carbons (Fsp3) is 0.458. The van der Waals surface area contributed by atoms with Crippen LogP contribution in [-0.4, -0.2) is 64.6 Å². The zero-order valence-corrected chi connectivity index (χ0v) is 20.0. The van der Waals surface area contributed by atoms with Crippen molar-refractivity contribution in [3.05, 3.63) is 52.5 Å². The second-order valence-electron chi connectivity index (χ2n) is 9.07. The van der Waals surface area contributed by atoms with Crippen LogP contribution in [0.15, 0.2) is 36.4 Å². The summed E-state index contributed by atoms with van der Waals surface area (Å²) in [6, 6.07) is 8.67. The first kappa shape index (κ1) is 23.9. The zero-order valence-electron chi connectivity index (χ0n) is 19.2. The van der Waals surface area contributed by atoms with Gasteiger partial charge in [-0.25, -0.2) is 4.68 Å². The first-order valence-corrected chi connectivity index (χ1v) is 12.1. The summed E-state index contributed by atoms with van der Waals surface area (Å²) < 4.78 is 42.6. The molecule has 186 valence electrons. The van der Waals surface area contributed by atoms with Crippen LogP contribution in [-0.2, 0) is 11.0 Å². The maximum absolute atomic E-state index is 13.7. The molecule has 3 heterocycles. The molecule has 2 unspecified atom stereocenters. The number of hydrogen-bond acceptors (Lipinski definition) is 5. The van der Waals surface area contributed by atoms with Crippen molar-refractivity contribution in [2.75, 3.05) is 37.6 Å². The van der Waals surface area contributed by atoms with Gasteiger partial charge in [0.15, 0.2) is 0 Å². The van der Waals surface area contributed by atoms with E-state index in [0.717, 1.165) is 31.1 Å². The van der Waals surface area contributed by atoms with E-state index in [4.69, 9.17) is 11.6 Å². The summed E-state index contributed by atoms with van der Waals surface area (Å²) in [5.41, 5.74) is 1.46. The normalized spacial score (nSPS) is 20.0. The highest BCUT2D eigenvalue weighted by Gasteiger charge is 2.35. The zero-order chi connectivity index (χ0) is 24.7. The number of nitrogens with zero attached hydrogens (tertiary/aromatic N) is 5. The highest BCUT2D eigenvalue weighted by atomic mass is 35.5. The molecule has 11 heteroatoms. The molecule has 0 bridgehead atoms. The molecule has 2 fully saturated rings. The molecule has 0 aliphatic carbocycles. The Bertz CT molecular complexity index is 1230. The molecule has 2 aliphatic heterocycles. The van der Waals surface area contributed by atoms with Crippen molar-refractivity contribution in [1.82, 2.24) is 25.2 Å². The Morgan fingerprint density at radius 3 is 2.60 bits per heavy atom. The minimum Gasteiger partial charge on any atom is -0.368 e. The summed E-state index contributed by atoms with van der Waals surface area (Å²) in [6.45, 7) is 5.16. The number of hydrogen-bond donors (Lipinski definition) is 1. The van der Waals surface area contributed by atoms with E-state index in [1.165, 1.54) is 16.8 Å². The molecular formula is C24H26ClF3N6O. The largest absolute Gasteiger partial charge is 0.416 e. The van der Waals surface area contributed by atoms with Crippen LogP contribution >= 0.6 is 11.6 Å². The summed E-state index contributed by atoms with van der Waals surface area (Å²) in [5, 5.41) is 11.6. The number of rotatable bonds is 4. The number of fused-ring (bicyclic) bond motifs is 1. The second kappa shape index (κ2) is 9.31. The number of piperazine rings is 1. The van der Waals surface area contributed by atoms with Crippen molar-refractivity contribution < 1.29 is 18.0 Å². The van der Waals surface area contributed by atoms with E-state index in [1.54, 1.807) is 6.92 Å². The molecule has 7 nitrogen and oxygen atoms in total. The fourth-order valence-electron chi connectivity index (χ4n) is 4.98. The van der Waals surface area contributed by atoms with Crippen LogP contribution in [0.1, 0.15) is 36.9 Å². The van der Waals surface area contributed by atoms with Gasteiger partial charge in [0.1, 0.15) is 5.52 Å². The van der Waals surface area contributed by atoms with Gasteiger partial charge in [-0.05, 0) is 62.2 Å². The third kappa shape index (κ3) is 4.69. The predicted octanol–water partition coefficient (Wildman–Crippen LogP) is 4.11. The number of aromatic nitrogens is 3. The van der Waals surface area contributed by atoms with Gasteiger partial charge in [-0.1, -0.05) is 22.9 Å². The lowest BCUT2D eigenvalue weighted by Crippen LogP contribution is -2.53. The van der Waals surface area contributed by atoms with Crippen LogP contribution in [0.3, 0.4) is 0 Å². The lowest BCUT2D eigenvalue weighted by Gasteiger charge is -2.37. The van der Waals surface area contributed by atoms with E-state index in [0.29, 0.717) is 37.2 Å². The summed E-state index contributed by atoms with van der Waals surface area (Å²) >= 11 is 5.85.